The maximum atomic E-state index is 10.9. The molecule has 8 nitrogen and oxygen atoms in total. The highest BCUT2D eigenvalue weighted by atomic mass is 32.2. The smallest absolute Gasteiger partial charge is 0.275 e. The second-order valence-corrected chi connectivity index (χ2v) is 5.80. The lowest BCUT2D eigenvalue weighted by atomic mass is 10.2. The first kappa shape index (κ1) is 13.8. The van der Waals surface area contributed by atoms with E-state index in [9.17, 15) is 10.1 Å². The Morgan fingerprint density at radius 2 is 2.14 bits per heavy atom. The molecule has 0 aliphatic carbocycles. The van der Waals surface area contributed by atoms with Gasteiger partial charge in [0.25, 0.3) is 5.69 Å². The lowest BCUT2D eigenvalue weighted by Gasteiger charge is -2.06. The van der Waals surface area contributed by atoms with Crippen LogP contribution in [-0.2, 0) is 13.0 Å². The van der Waals surface area contributed by atoms with Crippen LogP contribution in [0.5, 0.6) is 0 Å². The molecule has 2 N–H and O–H groups in total. The molecule has 0 atom stereocenters. The SMILES string of the molecule is Nc1cc([N+](=O)[O-])cc(Sc2nnc3n2CCCCC3)n1. The molecule has 3 heterocycles. The summed E-state index contributed by atoms with van der Waals surface area (Å²) in [5.41, 5.74) is 5.55. The van der Waals surface area contributed by atoms with Gasteiger partial charge in [0.2, 0.25) is 0 Å². The quantitative estimate of drug-likeness (QED) is 0.681. The number of nitrogens with zero attached hydrogens (tertiary/aromatic N) is 5. The zero-order valence-electron chi connectivity index (χ0n) is 11.2. The van der Waals surface area contributed by atoms with Crippen LogP contribution in [0.1, 0.15) is 25.1 Å². The van der Waals surface area contributed by atoms with Gasteiger partial charge in [-0.3, -0.25) is 10.1 Å². The summed E-state index contributed by atoms with van der Waals surface area (Å²) < 4.78 is 2.06. The number of anilines is 1. The van der Waals surface area contributed by atoms with Crippen LogP contribution in [0.25, 0.3) is 0 Å². The number of hydrogen-bond acceptors (Lipinski definition) is 7. The third-order valence-corrected chi connectivity index (χ3v) is 4.19. The zero-order valence-corrected chi connectivity index (χ0v) is 12.0. The maximum Gasteiger partial charge on any atom is 0.275 e. The average molecular weight is 306 g/mol. The summed E-state index contributed by atoms with van der Waals surface area (Å²) >= 11 is 1.26. The Morgan fingerprint density at radius 1 is 1.29 bits per heavy atom. The van der Waals surface area contributed by atoms with Crippen molar-refractivity contribution in [2.75, 3.05) is 5.73 Å². The van der Waals surface area contributed by atoms with Crippen molar-refractivity contribution in [3.8, 4) is 0 Å². The molecule has 0 radical (unpaired) electrons. The fourth-order valence-electron chi connectivity index (χ4n) is 2.30. The van der Waals surface area contributed by atoms with E-state index in [2.05, 4.69) is 19.7 Å². The molecule has 0 bridgehead atoms. The van der Waals surface area contributed by atoms with E-state index in [1.165, 1.54) is 30.3 Å². The van der Waals surface area contributed by atoms with E-state index in [0.717, 1.165) is 31.6 Å². The van der Waals surface area contributed by atoms with Crippen LogP contribution in [-0.4, -0.2) is 24.7 Å². The molecular formula is C12H14N6O2S. The van der Waals surface area contributed by atoms with Crippen molar-refractivity contribution < 1.29 is 4.92 Å². The molecule has 0 unspecified atom stereocenters. The number of aromatic nitrogens is 4. The molecule has 9 heteroatoms. The fourth-order valence-corrected chi connectivity index (χ4v) is 3.20. The van der Waals surface area contributed by atoms with E-state index in [1.807, 2.05) is 0 Å². The van der Waals surface area contributed by atoms with Crippen LogP contribution in [0.2, 0.25) is 0 Å². The number of aryl methyl sites for hydroxylation is 1. The molecule has 2 aromatic heterocycles. The molecule has 110 valence electrons. The van der Waals surface area contributed by atoms with Crippen molar-refractivity contribution >= 4 is 23.3 Å². The summed E-state index contributed by atoms with van der Waals surface area (Å²) in [6.45, 7) is 0.870. The van der Waals surface area contributed by atoms with E-state index in [0.29, 0.717) is 10.2 Å². The summed E-state index contributed by atoms with van der Waals surface area (Å²) in [5, 5.41) is 20.4. The van der Waals surface area contributed by atoms with Gasteiger partial charge in [-0.05, 0) is 24.6 Å². The summed E-state index contributed by atoms with van der Waals surface area (Å²) in [5.74, 6) is 1.09. The first-order valence-corrected chi connectivity index (χ1v) is 7.47. The van der Waals surface area contributed by atoms with Gasteiger partial charge in [0.15, 0.2) is 5.16 Å². The standard InChI is InChI=1S/C12H14N6O2S/c13-9-6-8(18(19)20)7-11(14-9)21-12-16-15-10-4-2-1-3-5-17(10)12/h6-7H,1-5H2,(H2,13,14). The normalized spacial score (nSPS) is 14.5. The first-order valence-electron chi connectivity index (χ1n) is 6.65. The number of fused-ring (bicyclic) bond motifs is 1. The molecule has 1 aliphatic rings. The van der Waals surface area contributed by atoms with Crippen LogP contribution in [0.15, 0.2) is 22.3 Å². The number of hydrogen-bond donors (Lipinski definition) is 1. The molecule has 0 saturated heterocycles. The average Bonchev–Trinajstić information content (AvgIpc) is 2.68. The Balaban J connectivity index is 1.90. The minimum atomic E-state index is -0.480. The second kappa shape index (κ2) is 5.68. The Kier molecular flexibility index (Phi) is 3.74. The van der Waals surface area contributed by atoms with E-state index < -0.39 is 4.92 Å². The van der Waals surface area contributed by atoms with Crippen molar-refractivity contribution in [2.24, 2.45) is 0 Å². The zero-order chi connectivity index (χ0) is 14.8. The van der Waals surface area contributed by atoms with Crippen LogP contribution < -0.4 is 5.73 Å². The molecule has 0 saturated carbocycles. The lowest BCUT2D eigenvalue weighted by molar-refractivity contribution is -0.385. The number of pyridine rings is 1. The second-order valence-electron chi connectivity index (χ2n) is 4.81. The Labute approximate surface area is 124 Å². The van der Waals surface area contributed by atoms with E-state index in [4.69, 9.17) is 5.73 Å². The monoisotopic (exact) mass is 306 g/mol. The first-order chi connectivity index (χ1) is 10.1. The van der Waals surface area contributed by atoms with E-state index in [1.54, 1.807) is 0 Å². The summed E-state index contributed by atoms with van der Waals surface area (Å²) in [4.78, 5) is 14.5. The van der Waals surface area contributed by atoms with Crippen molar-refractivity contribution in [1.82, 2.24) is 19.7 Å². The van der Waals surface area contributed by atoms with Gasteiger partial charge >= 0.3 is 0 Å². The summed E-state index contributed by atoms with van der Waals surface area (Å²) in [6.07, 6.45) is 4.29. The van der Waals surface area contributed by atoms with Gasteiger partial charge in [0.05, 0.1) is 11.0 Å². The minimum Gasteiger partial charge on any atom is -0.383 e. The number of rotatable bonds is 3. The number of nitrogen functional groups attached to an aromatic ring is 1. The van der Waals surface area contributed by atoms with Crippen molar-refractivity contribution in [1.29, 1.82) is 0 Å². The third-order valence-electron chi connectivity index (χ3n) is 3.29. The number of nitro groups is 1. The van der Waals surface area contributed by atoms with E-state index in [-0.39, 0.29) is 11.5 Å². The highest BCUT2D eigenvalue weighted by Gasteiger charge is 2.18. The molecule has 1 aliphatic heterocycles. The summed E-state index contributed by atoms with van der Waals surface area (Å²) in [6, 6.07) is 2.65. The van der Waals surface area contributed by atoms with E-state index >= 15 is 0 Å². The Bertz CT molecular complexity index is 686. The molecular weight excluding hydrogens is 292 g/mol. The molecule has 0 amide bonds. The van der Waals surface area contributed by atoms with Gasteiger partial charge in [-0.15, -0.1) is 10.2 Å². The topological polar surface area (TPSA) is 113 Å². The van der Waals surface area contributed by atoms with Crippen LogP contribution in [0, 0.1) is 10.1 Å². The van der Waals surface area contributed by atoms with Crippen molar-refractivity contribution in [2.45, 2.75) is 42.4 Å². The van der Waals surface area contributed by atoms with Crippen molar-refractivity contribution in [3.05, 3.63) is 28.1 Å². The molecule has 3 rings (SSSR count). The molecule has 0 spiro atoms. The third kappa shape index (κ3) is 2.97. The van der Waals surface area contributed by atoms with Crippen molar-refractivity contribution in [3.63, 3.8) is 0 Å². The van der Waals surface area contributed by atoms with Gasteiger partial charge in [-0.1, -0.05) is 6.42 Å². The van der Waals surface area contributed by atoms with Crippen LogP contribution >= 0.6 is 11.8 Å². The Hall–Kier alpha value is -2.16. The van der Waals surface area contributed by atoms with Gasteiger partial charge < -0.3 is 10.3 Å². The van der Waals surface area contributed by atoms with Gasteiger partial charge in [-0.2, -0.15) is 0 Å². The lowest BCUT2D eigenvalue weighted by Crippen LogP contribution is -2.02. The predicted molar refractivity (Wildman–Crippen MR) is 77.0 cm³/mol. The highest BCUT2D eigenvalue weighted by Crippen LogP contribution is 2.30. The molecule has 21 heavy (non-hydrogen) atoms. The van der Waals surface area contributed by atoms with Gasteiger partial charge in [0.1, 0.15) is 16.7 Å². The molecule has 2 aromatic rings. The maximum absolute atomic E-state index is 10.9. The fraction of sp³-hybridized carbons (Fsp3) is 0.417. The highest BCUT2D eigenvalue weighted by molar-refractivity contribution is 7.99. The Morgan fingerprint density at radius 3 is 2.95 bits per heavy atom. The predicted octanol–water partition coefficient (Wildman–Crippen LogP) is 2.04. The molecule has 0 fully saturated rings. The van der Waals surface area contributed by atoms with Gasteiger partial charge in [0, 0.05) is 19.0 Å². The minimum absolute atomic E-state index is 0.0689. The van der Waals surface area contributed by atoms with Crippen LogP contribution in [0.3, 0.4) is 0 Å². The number of nitrogens with two attached hydrogens (primary N) is 1. The van der Waals surface area contributed by atoms with Gasteiger partial charge in [-0.25, -0.2) is 4.98 Å². The summed E-state index contributed by atoms with van der Waals surface area (Å²) in [7, 11) is 0. The van der Waals surface area contributed by atoms with Crippen LogP contribution in [0.4, 0.5) is 11.5 Å². The molecule has 0 aromatic carbocycles. The largest absolute Gasteiger partial charge is 0.383 e.